The molecule has 3 rings (SSSR count). The van der Waals surface area contributed by atoms with Crippen LogP contribution >= 0.6 is 0 Å². The summed E-state index contributed by atoms with van der Waals surface area (Å²) >= 11 is 0. The maximum absolute atomic E-state index is 12.7. The van der Waals surface area contributed by atoms with Crippen LogP contribution in [0.5, 0.6) is 0 Å². The molecule has 0 unspecified atom stereocenters. The number of nitro groups is 1. The zero-order valence-corrected chi connectivity index (χ0v) is 14.8. The summed E-state index contributed by atoms with van der Waals surface area (Å²) in [4.78, 5) is 35.8. The Balaban J connectivity index is 1.78. The Morgan fingerprint density at radius 1 is 0.889 bits per heavy atom. The molecule has 1 fully saturated rings. The first-order valence-corrected chi connectivity index (χ1v) is 9.01. The summed E-state index contributed by atoms with van der Waals surface area (Å²) in [5, 5.41) is 16.5. The molecule has 1 saturated carbocycles. The molecule has 0 bridgehead atoms. The summed E-state index contributed by atoms with van der Waals surface area (Å²) in [6.45, 7) is 0. The van der Waals surface area contributed by atoms with Crippen LogP contribution in [0.2, 0.25) is 0 Å². The lowest BCUT2D eigenvalue weighted by Crippen LogP contribution is -2.26. The molecule has 2 N–H and O–H groups in total. The number of nitro benzene ring substituents is 1. The van der Waals surface area contributed by atoms with E-state index in [0.29, 0.717) is 5.69 Å². The molecule has 0 aromatic heterocycles. The third kappa shape index (κ3) is 4.49. The number of carbonyl (C=O) groups excluding carboxylic acids is 2. The van der Waals surface area contributed by atoms with Crippen LogP contribution < -0.4 is 10.6 Å². The van der Waals surface area contributed by atoms with Gasteiger partial charge in [-0.15, -0.1) is 0 Å². The van der Waals surface area contributed by atoms with Crippen molar-refractivity contribution < 1.29 is 14.5 Å². The summed E-state index contributed by atoms with van der Waals surface area (Å²) in [7, 11) is 0. The van der Waals surface area contributed by atoms with Crippen molar-refractivity contribution in [2.45, 2.75) is 32.1 Å². The van der Waals surface area contributed by atoms with Gasteiger partial charge >= 0.3 is 0 Å². The number of hydrogen-bond donors (Lipinski definition) is 2. The molecule has 0 spiro atoms. The van der Waals surface area contributed by atoms with Crippen LogP contribution in [0, 0.1) is 16.0 Å². The molecule has 1 aliphatic carbocycles. The highest BCUT2D eigenvalue weighted by Gasteiger charge is 2.23. The maximum atomic E-state index is 12.7. The second kappa shape index (κ2) is 8.44. The van der Waals surface area contributed by atoms with Crippen molar-refractivity contribution in [1.82, 2.24) is 0 Å². The quantitative estimate of drug-likeness (QED) is 0.605. The summed E-state index contributed by atoms with van der Waals surface area (Å²) in [5.74, 6) is -0.630. The fourth-order valence-corrected chi connectivity index (χ4v) is 3.32. The Morgan fingerprint density at radius 2 is 1.52 bits per heavy atom. The number of para-hydroxylation sites is 3. The Labute approximate surface area is 156 Å². The minimum absolute atomic E-state index is 0.0370. The van der Waals surface area contributed by atoms with E-state index >= 15 is 0 Å². The van der Waals surface area contributed by atoms with Crippen LogP contribution in [0.3, 0.4) is 0 Å². The highest BCUT2D eigenvalue weighted by Crippen LogP contribution is 2.27. The van der Waals surface area contributed by atoms with Gasteiger partial charge in [-0.05, 0) is 31.0 Å². The van der Waals surface area contributed by atoms with Gasteiger partial charge in [0, 0.05) is 12.0 Å². The Morgan fingerprint density at radius 3 is 2.22 bits per heavy atom. The lowest BCUT2D eigenvalue weighted by molar-refractivity contribution is -0.383. The van der Waals surface area contributed by atoms with Crippen molar-refractivity contribution in [3.8, 4) is 0 Å². The predicted molar refractivity (Wildman–Crippen MR) is 103 cm³/mol. The summed E-state index contributed by atoms with van der Waals surface area (Å²) in [6, 6.07) is 12.6. The number of rotatable bonds is 5. The number of hydrogen-bond acceptors (Lipinski definition) is 4. The minimum atomic E-state index is -0.549. The van der Waals surface area contributed by atoms with Crippen molar-refractivity contribution in [2.24, 2.45) is 5.92 Å². The molecule has 2 aromatic carbocycles. The van der Waals surface area contributed by atoms with E-state index in [2.05, 4.69) is 10.6 Å². The fourth-order valence-electron chi connectivity index (χ4n) is 3.32. The van der Waals surface area contributed by atoms with E-state index in [4.69, 9.17) is 0 Å². The Hall–Kier alpha value is -3.22. The molecule has 0 atom stereocenters. The van der Waals surface area contributed by atoms with Crippen molar-refractivity contribution in [1.29, 1.82) is 0 Å². The largest absolute Gasteiger partial charge is 0.325 e. The van der Waals surface area contributed by atoms with E-state index in [1.165, 1.54) is 18.2 Å². The van der Waals surface area contributed by atoms with Gasteiger partial charge < -0.3 is 10.6 Å². The lowest BCUT2D eigenvalue weighted by atomic mass is 9.88. The van der Waals surface area contributed by atoms with Gasteiger partial charge in [-0.3, -0.25) is 19.7 Å². The molecule has 27 heavy (non-hydrogen) atoms. The number of anilines is 2. The molecular weight excluding hydrogens is 346 g/mol. The van der Waals surface area contributed by atoms with Crippen molar-refractivity contribution in [2.75, 3.05) is 10.6 Å². The third-order valence-electron chi connectivity index (χ3n) is 4.75. The van der Waals surface area contributed by atoms with Crippen molar-refractivity contribution in [3.63, 3.8) is 0 Å². The second-order valence-electron chi connectivity index (χ2n) is 6.60. The first-order valence-electron chi connectivity index (χ1n) is 9.01. The van der Waals surface area contributed by atoms with Crippen LogP contribution in [-0.2, 0) is 4.79 Å². The normalized spacial score (nSPS) is 14.4. The third-order valence-corrected chi connectivity index (χ3v) is 4.75. The van der Waals surface area contributed by atoms with E-state index < -0.39 is 10.8 Å². The van der Waals surface area contributed by atoms with Crippen molar-refractivity contribution >= 4 is 28.9 Å². The Kier molecular flexibility index (Phi) is 5.80. The van der Waals surface area contributed by atoms with Gasteiger partial charge in [0.25, 0.3) is 11.6 Å². The summed E-state index contributed by atoms with van der Waals surface area (Å²) < 4.78 is 0. The monoisotopic (exact) mass is 367 g/mol. The molecule has 0 radical (unpaired) electrons. The number of carbonyl (C=O) groups is 2. The fraction of sp³-hybridized carbons (Fsp3) is 0.300. The average Bonchev–Trinajstić information content (AvgIpc) is 2.69. The van der Waals surface area contributed by atoms with Gasteiger partial charge in [0.1, 0.15) is 5.69 Å². The zero-order valence-electron chi connectivity index (χ0n) is 14.8. The molecule has 7 nitrogen and oxygen atoms in total. The van der Waals surface area contributed by atoms with E-state index in [1.54, 1.807) is 30.3 Å². The molecule has 1 aliphatic rings. The molecule has 2 amide bonds. The molecule has 0 aliphatic heterocycles. The molecule has 2 aromatic rings. The summed E-state index contributed by atoms with van der Waals surface area (Å²) in [6.07, 6.45) is 4.95. The molecule has 140 valence electrons. The number of benzene rings is 2. The van der Waals surface area contributed by atoms with Gasteiger partial charge in [-0.2, -0.15) is 0 Å². The number of nitrogens with one attached hydrogen (secondary N) is 2. The standard InChI is InChI=1S/C20H21N3O4/c24-19(14-8-2-1-3-9-14)21-16-11-5-4-10-15(16)20(25)22-17-12-6-7-13-18(17)23(26)27/h4-7,10-14H,1-3,8-9H2,(H,21,24)(H,22,25). The van der Waals surface area contributed by atoms with Gasteiger partial charge in [-0.25, -0.2) is 0 Å². The van der Waals surface area contributed by atoms with Gasteiger partial charge in [0.05, 0.1) is 16.2 Å². The highest BCUT2D eigenvalue weighted by molar-refractivity contribution is 6.11. The zero-order chi connectivity index (χ0) is 19.2. The second-order valence-corrected chi connectivity index (χ2v) is 6.60. The predicted octanol–water partition coefficient (Wildman–Crippen LogP) is 4.37. The summed E-state index contributed by atoms with van der Waals surface area (Å²) in [5.41, 5.74) is 0.597. The lowest BCUT2D eigenvalue weighted by Gasteiger charge is -2.21. The first kappa shape index (κ1) is 18.6. The first-order chi connectivity index (χ1) is 13.1. The van der Waals surface area contributed by atoms with Crippen LogP contribution in [0.1, 0.15) is 42.5 Å². The van der Waals surface area contributed by atoms with Crippen LogP contribution in [0.25, 0.3) is 0 Å². The van der Waals surface area contributed by atoms with E-state index in [0.717, 1.165) is 32.1 Å². The maximum Gasteiger partial charge on any atom is 0.292 e. The smallest absolute Gasteiger partial charge is 0.292 e. The molecule has 0 heterocycles. The van der Waals surface area contributed by atoms with Crippen LogP contribution in [0.4, 0.5) is 17.1 Å². The average molecular weight is 367 g/mol. The van der Waals surface area contributed by atoms with Crippen LogP contribution in [-0.4, -0.2) is 16.7 Å². The topological polar surface area (TPSA) is 101 Å². The molecule has 7 heteroatoms. The van der Waals surface area contributed by atoms with E-state index in [1.807, 2.05) is 0 Å². The number of amides is 2. The highest BCUT2D eigenvalue weighted by atomic mass is 16.6. The minimum Gasteiger partial charge on any atom is -0.325 e. The number of nitrogens with zero attached hydrogens (tertiary/aromatic N) is 1. The molecule has 0 saturated heterocycles. The van der Waals surface area contributed by atoms with E-state index in [-0.39, 0.29) is 28.8 Å². The van der Waals surface area contributed by atoms with Crippen molar-refractivity contribution in [3.05, 3.63) is 64.2 Å². The van der Waals surface area contributed by atoms with Gasteiger partial charge in [0.2, 0.25) is 5.91 Å². The molecular formula is C20H21N3O4. The van der Waals surface area contributed by atoms with Crippen LogP contribution in [0.15, 0.2) is 48.5 Å². The van der Waals surface area contributed by atoms with Gasteiger partial charge in [0.15, 0.2) is 0 Å². The van der Waals surface area contributed by atoms with E-state index in [9.17, 15) is 19.7 Å². The van der Waals surface area contributed by atoms with Gasteiger partial charge in [-0.1, -0.05) is 43.5 Å². The SMILES string of the molecule is O=C(Nc1ccccc1[N+](=O)[O-])c1ccccc1NC(=O)C1CCCCC1. The Bertz CT molecular complexity index is 860.